The second-order valence-electron chi connectivity index (χ2n) is 5.48. The van der Waals surface area contributed by atoms with E-state index in [1.54, 1.807) is 6.92 Å². The van der Waals surface area contributed by atoms with Gasteiger partial charge < -0.3 is 19.9 Å². The minimum absolute atomic E-state index is 0.0992. The highest BCUT2D eigenvalue weighted by Gasteiger charge is 2.73. The summed E-state index contributed by atoms with van der Waals surface area (Å²) in [6.45, 7) is 1.54. The predicted molar refractivity (Wildman–Crippen MR) is 76.9 cm³/mol. The number of aromatic nitrogens is 4. The Balaban J connectivity index is 1.92. The highest BCUT2D eigenvalue weighted by Crippen LogP contribution is 2.53. The molecule has 9 nitrogen and oxygen atoms in total. The maximum atomic E-state index is 15.2. The summed E-state index contributed by atoms with van der Waals surface area (Å²) in [5, 5.41) is 0. The first-order valence-electron chi connectivity index (χ1n) is 7.12. The Morgan fingerprint density at radius 1 is 1.50 bits per heavy atom. The molecule has 4 atom stereocenters. The van der Waals surface area contributed by atoms with Gasteiger partial charge in [0.1, 0.15) is 11.8 Å². The van der Waals surface area contributed by atoms with E-state index in [1.165, 1.54) is 17.2 Å². The van der Waals surface area contributed by atoms with Gasteiger partial charge in [-0.3, -0.25) is 4.57 Å². The highest BCUT2D eigenvalue weighted by molar-refractivity contribution is 5.81. The van der Waals surface area contributed by atoms with Crippen molar-refractivity contribution in [2.45, 2.75) is 37.1 Å². The van der Waals surface area contributed by atoms with Crippen molar-refractivity contribution in [2.75, 3.05) is 5.73 Å². The van der Waals surface area contributed by atoms with Crippen LogP contribution >= 0.6 is 0 Å². The Bertz CT molecular complexity index is 895. The molecule has 2 aromatic heterocycles. The molecule has 0 saturated carbocycles. The molecule has 4 heterocycles. The maximum Gasteiger partial charge on any atom is 0.510 e. The van der Waals surface area contributed by atoms with Gasteiger partial charge in [0, 0.05) is 6.42 Å². The number of rotatable bonds is 2. The first-order valence-corrected chi connectivity index (χ1v) is 7.12. The number of nitrogens with zero attached hydrogens (tertiary/aromatic N) is 4. The van der Waals surface area contributed by atoms with Crippen molar-refractivity contribution in [3.63, 3.8) is 0 Å². The van der Waals surface area contributed by atoms with Gasteiger partial charge in [-0.1, -0.05) is 6.92 Å². The third-order valence-electron chi connectivity index (χ3n) is 4.27. The van der Waals surface area contributed by atoms with E-state index in [2.05, 4.69) is 20.9 Å². The summed E-state index contributed by atoms with van der Waals surface area (Å²) in [6.07, 6.45) is 4.34. The van der Waals surface area contributed by atoms with E-state index in [-0.39, 0.29) is 17.9 Å². The van der Waals surface area contributed by atoms with Crippen LogP contribution in [0.5, 0.6) is 0 Å². The molecule has 2 N–H and O–H groups in total. The number of ether oxygens (including phenoxy) is 3. The Morgan fingerprint density at radius 2 is 2.29 bits per heavy atom. The number of nitrogen functional groups attached to an aromatic ring is 1. The molecule has 2 aromatic rings. The van der Waals surface area contributed by atoms with E-state index >= 15 is 4.39 Å². The minimum Gasteiger partial charge on any atom is -0.419 e. The van der Waals surface area contributed by atoms with Crippen LogP contribution in [0.4, 0.5) is 15.0 Å². The molecule has 0 amide bonds. The number of imidazole rings is 1. The van der Waals surface area contributed by atoms with Crippen LogP contribution in [0.2, 0.25) is 0 Å². The van der Waals surface area contributed by atoms with E-state index in [0.29, 0.717) is 5.52 Å². The maximum absolute atomic E-state index is 15.2. The van der Waals surface area contributed by atoms with Gasteiger partial charge in [-0.2, -0.15) is 0 Å². The molecule has 0 aliphatic carbocycles. The Hall–Kier alpha value is -2.93. The van der Waals surface area contributed by atoms with Crippen LogP contribution in [0.1, 0.15) is 19.6 Å². The number of halogens is 1. The molecule has 0 radical (unpaired) electrons. The summed E-state index contributed by atoms with van der Waals surface area (Å²) in [4.78, 5) is 23.6. The molecule has 2 aliphatic heterocycles. The molecular formula is C14H12FN5O4. The quantitative estimate of drug-likeness (QED) is 0.637. The molecule has 2 saturated heterocycles. The molecule has 4 rings (SSSR count). The van der Waals surface area contributed by atoms with Crippen molar-refractivity contribution in [3.05, 3.63) is 12.7 Å². The number of nitrogens with two attached hydrogens (primary N) is 1. The van der Waals surface area contributed by atoms with Crippen LogP contribution < -0.4 is 5.73 Å². The molecule has 10 heteroatoms. The molecule has 0 bridgehead atoms. The SMILES string of the molecule is C#C[C@@]12OC(=O)O[C@@H]1[C@@](F)(CC)O[C@H]2n1cnc2c(N)ncnc21. The molecule has 2 fully saturated rings. The van der Waals surface area contributed by atoms with Crippen LogP contribution in [0.3, 0.4) is 0 Å². The molecule has 0 spiro atoms. The first kappa shape index (κ1) is 14.6. The molecule has 2 aliphatic rings. The zero-order valence-electron chi connectivity index (χ0n) is 12.5. The highest BCUT2D eigenvalue weighted by atomic mass is 19.2. The monoisotopic (exact) mass is 333 g/mol. The molecule has 0 unspecified atom stereocenters. The van der Waals surface area contributed by atoms with E-state index in [0.717, 1.165) is 0 Å². The topological polar surface area (TPSA) is 114 Å². The lowest BCUT2D eigenvalue weighted by molar-refractivity contribution is -0.193. The van der Waals surface area contributed by atoms with Gasteiger partial charge in [0.25, 0.3) is 11.5 Å². The Morgan fingerprint density at radius 3 is 3.00 bits per heavy atom. The summed E-state index contributed by atoms with van der Waals surface area (Å²) in [5.74, 6) is 0.157. The van der Waals surface area contributed by atoms with Gasteiger partial charge in [-0.15, -0.1) is 6.42 Å². The smallest absolute Gasteiger partial charge is 0.419 e. The van der Waals surface area contributed by atoms with Crippen molar-refractivity contribution in [2.24, 2.45) is 0 Å². The lowest BCUT2D eigenvalue weighted by Gasteiger charge is -2.24. The Kier molecular flexibility index (Phi) is 2.77. The van der Waals surface area contributed by atoms with Crippen molar-refractivity contribution < 1.29 is 23.4 Å². The lowest BCUT2D eigenvalue weighted by Crippen LogP contribution is -2.46. The van der Waals surface area contributed by atoms with Crippen molar-refractivity contribution in [1.29, 1.82) is 0 Å². The van der Waals surface area contributed by atoms with Crippen LogP contribution in [0.25, 0.3) is 11.2 Å². The standard InChI is InChI=1S/C14H12FN5O4/c1-3-13-10(22-12(21)24-13)14(15,4-2)23-11(13)20-6-19-7-8(16)17-5-18-9(7)20/h1,5-6,10-11H,4H2,2H3,(H2,16,17,18)/t10-,11+,13+,14+/m0/s1. The second-order valence-corrected chi connectivity index (χ2v) is 5.48. The summed E-state index contributed by atoms with van der Waals surface area (Å²) < 4.78 is 32.1. The van der Waals surface area contributed by atoms with Gasteiger partial charge >= 0.3 is 6.16 Å². The number of alkyl halides is 1. The van der Waals surface area contributed by atoms with Crippen molar-refractivity contribution >= 4 is 23.1 Å². The van der Waals surface area contributed by atoms with Crippen LogP contribution in [-0.2, 0) is 14.2 Å². The van der Waals surface area contributed by atoms with E-state index < -0.39 is 29.9 Å². The van der Waals surface area contributed by atoms with Gasteiger partial charge in [-0.25, -0.2) is 24.1 Å². The average Bonchev–Trinajstić information content (AvgIpc) is 3.20. The summed E-state index contributed by atoms with van der Waals surface area (Å²) in [7, 11) is 0. The van der Waals surface area contributed by atoms with E-state index in [9.17, 15) is 4.79 Å². The number of terminal acetylenes is 1. The number of hydrogen-bond donors (Lipinski definition) is 1. The largest absolute Gasteiger partial charge is 0.510 e. The van der Waals surface area contributed by atoms with Crippen LogP contribution in [0, 0.1) is 12.3 Å². The second kappa shape index (κ2) is 4.55. The fraction of sp³-hybridized carbons (Fsp3) is 0.429. The zero-order valence-corrected chi connectivity index (χ0v) is 12.5. The van der Waals surface area contributed by atoms with Gasteiger partial charge in [0.15, 0.2) is 17.7 Å². The number of carbonyl (C=O) groups is 1. The normalized spacial score (nSPS) is 34.6. The summed E-state index contributed by atoms with van der Waals surface area (Å²) in [6, 6.07) is 0. The molecule has 0 aromatic carbocycles. The Labute approximate surface area is 134 Å². The van der Waals surface area contributed by atoms with E-state index in [4.69, 9.17) is 26.4 Å². The van der Waals surface area contributed by atoms with Crippen molar-refractivity contribution in [3.8, 4) is 12.3 Å². The van der Waals surface area contributed by atoms with Crippen LogP contribution in [0.15, 0.2) is 12.7 Å². The number of anilines is 1. The predicted octanol–water partition coefficient (Wildman–Crippen LogP) is 0.920. The average molecular weight is 333 g/mol. The summed E-state index contributed by atoms with van der Waals surface area (Å²) in [5.41, 5.74) is 4.53. The lowest BCUT2D eigenvalue weighted by atomic mass is 9.92. The van der Waals surface area contributed by atoms with Crippen molar-refractivity contribution in [1.82, 2.24) is 19.5 Å². The number of carbonyl (C=O) groups excluding carboxylic acids is 1. The van der Waals surface area contributed by atoms with E-state index in [1.807, 2.05) is 0 Å². The molecule has 124 valence electrons. The fourth-order valence-electron chi connectivity index (χ4n) is 3.07. The zero-order chi connectivity index (χ0) is 17.1. The third-order valence-corrected chi connectivity index (χ3v) is 4.27. The van der Waals surface area contributed by atoms with Gasteiger partial charge in [0.05, 0.1) is 6.33 Å². The van der Waals surface area contributed by atoms with Gasteiger partial charge in [0.2, 0.25) is 6.10 Å². The minimum atomic E-state index is -2.31. The number of hydrogen-bond acceptors (Lipinski definition) is 8. The first-order chi connectivity index (χ1) is 11.4. The van der Waals surface area contributed by atoms with Crippen LogP contribution in [-0.4, -0.2) is 43.2 Å². The fourth-order valence-corrected chi connectivity index (χ4v) is 3.07. The number of fused-ring (bicyclic) bond motifs is 2. The summed E-state index contributed by atoms with van der Waals surface area (Å²) >= 11 is 0. The molecule has 24 heavy (non-hydrogen) atoms. The molecular weight excluding hydrogens is 321 g/mol. The van der Waals surface area contributed by atoms with Gasteiger partial charge in [-0.05, 0) is 5.92 Å². The third kappa shape index (κ3) is 1.62.